The third kappa shape index (κ3) is 4.37. The van der Waals surface area contributed by atoms with Gasteiger partial charge in [0.2, 0.25) is 5.91 Å². The number of hydrogen-bond donors (Lipinski definition) is 1. The summed E-state index contributed by atoms with van der Waals surface area (Å²) in [7, 11) is 1.54. The topological polar surface area (TPSA) is 120 Å². The predicted octanol–water partition coefficient (Wildman–Crippen LogP) is 1.55. The zero-order valence-electron chi connectivity index (χ0n) is 20.1. The van der Waals surface area contributed by atoms with Crippen LogP contribution in [0.15, 0.2) is 29.2 Å². The van der Waals surface area contributed by atoms with E-state index in [4.69, 9.17) is 9.47 Å². The van der Waals surface area contributed by atoms with E-state index in [-0.39, 0.29) is 53.6 Å². The Morgan fingerprint density at radius 2 is 2.08 bits per heavy atom. The van der Waals surface area contributed by atoms with Crippen molar-refractivity contribution >= 4 is 23.3 Å². The van der Waals surface area contributed by atoms with Gasteiger partial charge >= 0.3 is 0 Å². The number of hydrogen-bond acceptors (Lipinski definition) is 7. The number of nitrogens with one attached hydrogen (secondary N) is 1. The summed E-state index contributed by atoms with van der Waals surface area (Å²) in [6, 6.07) is 4.04. The molecule has 0 aliphatic carbocycles. The van der Waals surface area contributed by atoms with Crippen LogP contribution in [0.25, 0.3) is 5.65 Å². The molecule has 3 aromatic rings. The van der Waals surface area contributed by atoms with Gasteiger partial charge in [0, 0.05) is 32.3 Å². The van der Waals surface area contributed by atoms with E-state index in [9.17, 15) is 18.8 Å². The van der Waals surface area contributed by atoms with Gasteiger partial charge < -0.3 is 24.3 Å². The molecule has 1 N–H and O–H groups in total. The van der Waals surface area contributed by atoms with E-state index in [1.54, 1.807) is 18.1 Å². The van der Waals surface area contributed by atoms with Crippen LogP contribution in [0.5, 0.6) is 0 Å². The number of carbonyl (C=O) groups excluding carboxylic acids is 2. The lowest BCUT2D eigenvalue weighted by Crippen LogP contribution is -2.37. The highest BCUT2D eigenvalue weighted by Crippen LogP contribution is 2.29. The average Bonchev–Trinajstić information content (AvgIpc) is 3.47. The Kier molecular flexibility index (Phi) is 6.54. The number of amides is 2. The summed E-state index contributed by atoms with van der Waals surface area (Å²) in [5.74, 6) is -1.06. The molecule has 3 aromatic heterocycles. The van der Waals surface area contributed by atoms with Crippen LogP contribution < -0.4 is 10.9 Å². The largest absolute Gasteiger partial charge is 0.383 e. The maximum absolute atomic E-state index is 13.5. The van der Waals surface area contributed by atoms with Crippen LogP contribution in [0.3, 0.4) is 0 Å². The maximum atomic E-state index is 13.5. The number of pyridine rings is 1. The molecular weight excluding hydrogens is 471 g/mol. The van der Waals surface area contributed by atoms with Gasteiger partial charge in [-0.1, -0.05) is 0 Å². The SMILES string of the molecule is COC[C@H](C)N1Cc2c(n(CC(=O)Nc3ccc(F)cn3)c3cc(C4CCOCC4)nn3c2=O)C1=O. The minimum absolute atomic E-state index is 0.0983. The maximum Gasteiger partial charge on any atom is 0.280 e. The molecule has 1 fully saturated rings. The van der Waals surface area contributed by atoms with Crippen molar-refractivity contribution in [3.8, 4) is 0 Å². The van der Waals surface area contributed by atoms with E-state index in [2.05, 4.69) is 15.4 Å². The second-order valence-electron chi connectivity index (χ2n) is 9.09. The van der Waals surface area contributed by atoms with Gasteiger partial charge in [-0.15, -0.1) is 0 Å². The van der Waals surface area contributed by atoms with Gasteiger partial charge in [-0.25, -0.2) is 9.37 Å². The highest BCUT2D eigenvalue weighted by atomic mass is 19.1. The van der Waals surface area contributed by atoms with E-state index in [0.29, 0.717) is 25.5 Å². The summed E-state index contributed by atoms with van der Waals surface area (Å²) in [6.45, 7) is 3.19. The fourth-order valence-corrected chi connectivity index (χ4v) is 4.82. The van der Waals surface area contributed by atoms with Crippen molar-refractivity contribution in [3.63, 3.8) is 0 Å². The van der Waals surface area contributed by atoms with Gasteiger partial charge in [-0.3, -0.25) is 14.4 Å². The number of ether oxygens (including phenoxy) is 2. The van der Waals surface area contributed by atoms with Gasteiger partial charge in [0.1, 0.15) is 29.5 Å². The van der Waals surface area contributed by atoms with Crippen molar-refractivity contribution in [2.24, 2.45) is 0 Å². The van der Waals surface area contributed by atoms with Gasteiger partial charge in [-0.2, -0.15) is 9.61 Å². The highest BCUT2D eigenvalue weighted by molar-refractivity contribution is 5.98. The number of anilines is 1. The van der Waals surface area contributed by atoms with Crippen LogP contribution in [-0.2, 0) is 27.4 Å². The third-order valence-corrected chi connectivity index (χ3v) is 6.66. The Morgan fingerprint density at radius 1 is 1.31 bits per heavy atom. The predicted molar refractivity (Wildman–Crippen MR) is 126 cm³/mol. The number of rotatable bonds is 7. The normalized spacial score (nSPS) is 17.0. The fourth-order valence-electron chi connectivity index (χ4n) is 4.82. The Labute approximate surface area is 205 Å². The van der Waals surface area contributed by atoms with Crippen LogP contribution in [-0.4, -0.2) is 68.9 Å². The molecule has 0 aromatic carbocycles. The molecule has 2 aliphatic rings. The Bertz CT molecular complexity index is 1360. The first-order chi connectivity index (χ1) is 17.4. The number of halogens is 1. The summed E-state index contributed by atoms with van der Waals surface area (Å²) in [5, 5.41) is 7.21. The van der Waals surface area contributed by atoms with Crippen LogP contribution >= 0.6 is 0 Å². The van der Waals surface area contributed by atoms with E-state index in [1.807, 2.05) is 6.92 Å². The van der Waals surface area contributed by atoms with Gasteiger partial charge in [-0.05, 0) is 31.9 Å². The number of methoxy groups -OCH3 is 1. The molecule has 2 amide bonds. The molecule has 5 rings (SSSR count). The number of fused-ring (bicyclic) bond motifs is 2. The molecule has 12 heteroatoms. The first kappa shape index (κ1) is 24.1. The van der Waals surface area contributed by atoms with Crippen molar-refractivity contribution < 1.29 is 23.5 Å². The average molecular weight is 499 g/mol. The summed E-state index contributed by atoms with van der Waals surface area (Å²) in [6.07, 6.45) is 2.55. The quantitative estimate of drug-likeness (QED) is 0.525. The van der Waals surface area contributed by atoms with Crippen LogP contribution in [0.1, 0.15) is 47.4 Å². The van der Waals surface area contributed by atoms with E-state index < -0.39 is 11.7 Å². The number of nitrogens with zero attached hydrogens (tertiary/aromatic N) is 5. The van der Waals surface area contributed by atoms with Crippen molar-refractivity contribution in [1.29, 1.82) is 0 Å². The van der Waals surface area contributed by atoms with Gasteiger partial charge in [0.05, 0.1) is 36.6 Å². The van der Waals surface area contributed by atoms with Gasteiger partial charge in [0.15, 0.2) is 0 Å². The summed E-state index contributed by atoms with van der Waals surface area (Å²) in [5.41, 5.74) is 1.15. The molecule has 1 atom stereocenters. The Morgan fingerprint density at radius 3 is 2.78 bits per heavy atom. The lowest BCUT2D eigenvalue weighted by atomic mass is 9.97. The summed E-state index contributed by atoms with van der Waals surface area (Å²) >= 11 is 0. The minimum atomic E-state index is -0.524. The van der Waals surface area contributed by atoms with Crippen LogP contribution in [0.2, 0.25) is 0 Å². The molecular formula is C24H27FN6O5. The van der Waals surface area contributed by atoms with E-state index in [1.165, 1.54) is 21.2 Å². The number of carbonyl (C=O) groups is 2. The molecule has 0 radical (unpaired) electrons. The van der Waals surface area contributed by atoms with Crippen LogP contribution in [0.4, 0.5) is 10.2 Å². The lowest BCUT2D eigenvalue weighted by molar-refractivity contribution is -0.116. The molecule has 2 aliphatic heterocycles. The molecule has 190 valence electrons. The highest BCUT2D eigenvalue weighted by Gasteiger charge is 2.37. The molecule has 0 bridgehead atoms. The second kappa shape index (κ2) is 9.78. The first-order valence-corrected chi connectivity index (χ1v) is 11.8. The molecule has 36 heavy (non-hydrogen) atoms. The molecule has 1 saturated heterocycles. The standard InChI is InChI=1S/C24H27FN6O5/c1-14(13-35-2)29-11-17-22(24(29)34)30(12-20(32)27-19-4-3-16(25)10-26-19)21-9-18(28-31(21)23(17)33)15-5-7-36-8-6-15/h3-4,9-10,14-15H,5-8,11-13H2,1-2H3,(H,26,27,32)/t14-/m0/s1. The van der Waals surface area contributed by atoms with Crippen molar-refractivity contribution in [1.82, 2.24) is 24.1 Å². The van der Waals surface area contributed by atoms with E-state index in [0.717, 1.165) is 24.7 Å². The lowest BCUT2D eigenvalue weighted by Gasteiger charge is -2.23. The zero-order valence-corrected chi connectivity index (χ0v) is 20.1. The molecule has 0 unspecified atom stereocenters. The second-order valence-corrected chi connectivity index (χ2v) is 9.09. The zero-order chi connectivity index (χ0) is 25.4. The third-order valence-electron chi connectivity index (χ3n) is 6.66. The van der Waals surface area contributed by atoms with Crippen molar-refractivity contribution in [2.75, 3.05) is 32.2 Å². The molecule has 11 nitrogen and oxygen atoms in total. The molecule has 5 heterocycles. The molecule has 0 saturated carbocycles. The fraction of sp³-hybridized carbons (Fsp3) is 0.458. The number of aromatic nitrogens is 4. The molecule has 0 spiro atoms. The van der Waals surface area contributed by atoms with Crippen molar-refractivity contribution in [3.05, 3.63) is 57.5 Å². The van der Waals surface area contributed by atoms with E-state index >= 15 is 0 Å². The Balaban J connectivity index is 1.57. The van der Waals surface area contributed by atoms with Crippen molar-refractivity contribution in [2.45, 2.75) is 44.8 Å². The summed E-state index contributed by atoms with van der Waals surface area (Å²) in [4.78, 5) is 45.4. The minimum Gasteiger partial charge on any atom is -0.383 e. The smallest absolute Gasteiger partial charge is 0.280 e. The van der Waals surface area contributed by atoms with Gasteiger partial charge in [0.25, 0.3) is 11.5 Å². The van der Waals surface area contributed by atoms with Crippen LogP contribution in [0, 0.1) is 5.82 Å². The monoisotopic (exact) mass is 498 g/mol. The summed E-state index contributed by atoms with van der Waals surface area (Å²) < 4.78 is 26.7. The first-order valence-electron chi connectivity index (χ1n) is 11.8. The Hall–Kier alpha value is -3.64.